The van der Waals surface area contributed by atoms with E-state index in [2.05, 4.69) is 18.6 Å². The number of hydrogen-bond donors (Lipinski definition) is 1. The number of nitrogens with one attached hydrogen (secondary N) is 1. The Morgan fingerprint density at radius 3 is 2.05 bits per heavy atom. The van der Waals surface area contributed by atoms with Crippen LogP contribution in [0.4, 0.5) is 0 Å². The van der Waals surface area contributed by atoms with Gasteiger partial charge in [0.25, 0.3) is 0 Å². The van der Waals surface area contributed by atoms with Gasteiger partial charge in [0.2, 0.25) is 10.0 Å². The zero-order valence-corrected chi connectivity index (χ0v) is 14.6. The zero-order valence-electron chi connectivity index (χ0n) is 12.3. The van der Waals surface area contributed by atoms with E-state index in [0.717, 1.165) is 5.56 Å². The maximum Gasteiger partial charge on any atom is 0.240 e. The van der Waals surface area contributed by atoms with Crippen molar-refractivity contribution in [3.63, 3.8) is 0 Å². The van der Waals surface area contributed by atoms with Gasteiger partial charge in [0.15, 0.2) is 0 Å². The molecule has 0 spiro atoms. The first-order valence-corrected chi connectivity index (χ1v) is 9.06. The van der Waals surface area contributed by atoms with Crippen LogP contribution in [0.3, 0.4) is 0 Å². The molecule has 0 aliphatic carbocycles. The topological polar surface area (TPSA) is 46.2 Å². The fraction of sp³-hybridized carbons (Fsp3) is 0.250. The lowest BCUT2D eigenvalue weighted by atomic mass is 10.0. The van der Waals surface area contributed by atoms with Gasteiger partial charge in [-0.1, -0.05) is 49.2 Å². The van der Waals surface area contributed by atoms with Gasteiger partial charge in [0.05, 0.1) is 4.90 Å². The number of halogens is 2. The van der Waals surface area contributed by atoms with E-state index in [4.69, 9.17) is 23.2 Å². The van der Waals surface area contributed by atoms with Gasteiger partial charge in [-0.05, 0) is 47.4 Å². The summed E-state index contributed by atoms with van der Waals surface area (Å²) in [6, 6.07) is 11.8. The van der Waals surface area contributed by atoms with E-state index in [0.29, 0.717) is 21.5 Å². The van der Waals surface area contributed by atoms with E-state index in [9.17, 15) is 8.42 Å². The molecule has 22 heavy (non-hydrogen) atoms. The summed E-state index contributed by atoms with van der Waals surface area (Å²) in [4.78, 5) is 0.241. The summed E-state index contributed by atoms with van der Waals surface area (Å²) in [5.74, 6) is 0.360. The largest absolute Gasteiger partial charge is 0.240 e. The SMILES string of the molecule is CC(C)c1ccc(S(=O)(=O)NCc2cc(Cl)cc(Cl)c2)cc1. The lowest BCUT2D eigenvalue weighted by molar-refractivity contribution is 0.581. The van der Waals surface area contributed by atoms with Crippen molar-refractivity contribution < 1.29 is 8.42 Å². The van der Waals surface area contributed by atoms with Crippen LogP contribution in [0.5, 0.6) is 0 Å². The number of sulfonamides is 1. The molecule has 0 bridgehead atoms. The fourth-order valence-corrected chi connectivity index (χ4v) is 3.60. The first-order valence-electron chi connectivity index (χ1n) is 6.82. The van der Waals surface area contributed by atoms with Gasteiger partial charge in [-0.25, -0.2) is 13.1 Å². The molecule has 0 saturated heterocycles. The van der Waals surface area contributed by atoms with Gasteiger partial charge in [-0.2, -0.15) is 0 Å². The first-order chi connectivity index (χ1) is 10.3. The summed E-state index contributed by atoms with van der Waals surface area (Å²) < 4.78 is 27.1. The second-order valence-electron chi connectivity index (χ2n) is 5.33. The molecule has 1 N–H and O–H groups in total. The summed E-state index contributed by atoms with van der Waals surface area (Å²) in [5.41, 5.74) is 1.81. The molecular weight excluding hydrogens is 341 g/mol. The van der Waals surface area contributed by atoms with Crippen LogP contribution in [0, 0.1) is 0 Å². The summed E-state index contributed by atoms with van der Waals surface area (Å²) in [6.45, 7) is 4.25. The van der Waals surface area contributed by atoms with E-state index in [1.54, 1.807) is 30.3 Å². The van der Waals surface area contributed by atoms with E-state index >= 15 is 0 Å². The van der Waals surface area contributed by atoms with Crippen molar-refractivity contribution in [2.24, 2.45) is 0 Å². The van der Waals surface area contributed by atoms with Crippen LogP contribution in [0.2, 0.25) is 10.0 Å². The lowest BCUT2D eigenvalue weighted by Gasteiger charge is -2.09. The Labute approximate surface area is 141 Å². The van der Waals surface area contributed by atoms with Crippen LogP contribution in [0.15, 0.2) is 47.4 Å². The molecule has 6 heteroatoms. The third-order valence-corrected chi connectivity index (χ3v) is 5.10. The molecule has 2 aromatic carbocycles. The molecule has 0 atom stereocenters. The van der Waals surface area contributed by atoms with Gasteiger partial charge in [0, 0.05) is 16.6 Å². The van der Waals surface area contributed by atoms with Crippen molar-refractivity contribution in [2.45, 2.75) is 31.2 Å². The Bertz CT molecular complexity index is 736. The van der Waals surface area contributed by atoms with Gasteiger partial charge >= 0.3 is 0 Å². The fourth-order valence-electron chi connectivity index (χ4n) is 2.01. The molecule has 0 aliphatic heterocycles. The van der Waals surface area contributed by atoms with Crippen LogP contribution < -0.4 is 4.72 Å². The predicted molar refractivity (Wildman–Crippen MR) is 91.0 cm³/mol. The third-order valence-electron chi connectivity index (χ3n) is 3.25. The van der Waals surface area contributed by atoms with Crippen LogP contribution >= 0.6 is 23.2 Å². The highest BCUT2D eigenvalue weighted by atomic mass is 35.5. The predicted octanol–water partition coefficient (Wildman–Crippen LogP) is 4.60. The highest BCUT2D eigenvalue weighted by Gasteiger charge is 2.14. The maximum atomic E-state index is 12.3. The average molecular weight is 358 g/mol. The maximum absolute atomic E-state index is 12.3. The molecule has 0 amide bonds. The van der Waals surface area contributed by atoms with Crippen molar-refractivity contribution >= 4 is 33.2 Å². The minimum Gasteiger partial charge on any atom is -0.207 e. The van der Waals surface area contributed by atoms with Crippen LogP contribution in [-0.2, 0) is 16.6 Å². The van der Waals surface area contributed by atoms with Crippen molar-refractivity contribution in [1.29, 1.82) is 0 Å². The van der Waals surface area contributed by atoms with Crippen molar-refractivity contribution in [3.05, 3.63) is 63.6 Å². The second kappa shape index (κ2) is 7.01. The van der Waals surface area contributed by atoms with Gasteiger partial charge in [-0.15, -0.1) is 0 Å². The monoisotopic (exact) mass is 357 g/mol. The summed E-state index contributed by atoms with van der Waals surface area (Å²) >= 11 is 11.8. The number of rotatable bonds is 5. The van der Waals surface area contributed by atoms with E-state index in [1.165, 1.54) is 0 Å². The molecule has 118 valence electrons. The van der Waals surface area contributed by atoms with E-state index in [-0.39, 0.29) is 11.4 Å². The van der Waals surface area contributed by atoms with E-state index in [1.807, 2.05) is 12.1 Å². The molecule has 0 heterocycles. The molecule has 0 aromatic heterocycles. The van der Waals surface area contributed by atoms with Crippen LogP contribution in [-0.4, -0.2) is 8.42 Å². The Hall–Kier alpha value is -1.07. The number of benzene rings is 2. The van der Waals surface area contributed by atoms with Crippen molar-refractivity contribution in [2.75, 3.05) is 0 Å². The molecular formula is C16H17Cl2NO2S. The number of hydrogen-bond acceptors (Lipinski definition) is 2. The summed E-state index contributed by atoms with van der Waals surface area (Å²) in [5, 5.41) is 0.950. The van der Waals surface area contributed by atoms with Gasteiger partial charge < -0.3 is 0 Å². The standard InChI is InChI=1S/C16H17Cl2NO2S/c1-11(2)13-3-5-16(6-4-13)22(20,21)19-10-12-7-14(17)9-15(18)8-12/h3-9,11,19H,10H2,1-2H3. The second-order valence-corrected chi connectivity index (χ2v) is 7.97. The average Bonchev–Trinajstić information content (AvgIpc) is 2.44. The minimum atomic E-state index is -3.56. The normalized spacial score (nSPS) is 11.9. The highest BCUT2D eigenvalue weighted by Crippen LogP contribution is 2.20. The Morgan fingerprint density at radius 1 is 1.00 bits per heavy atom. The zero-order chi connectivity index (χ0) is 16.3. The quantitative estimate of drug-likeness (QED) is 0.849. The van der Waals surface area contributed by atoms with Crippen molar-refractivity contribution in [3.8, 4) is 0 Å². The van der Waals surface area contributed by atoms with Gasteiger partial charge in [-0.3, -0.25) is 0 Å². The Balaban J connectivity index is 2.13. The molecule has 3 nitrogen and oxygen atoms in total. The van der Waals surface area contributed by atoms with Crippen LogP contribution in [0.1, 0.15) is 30.9 Å². The highest BCUT2D eigenvalue weighted by molar-refractivity contribution is 7.89. The molecule has 0 aliphatic rings. The first kappa shape index (κ1) is 17.3. The minimum absolute atomic E-state index is 0.133. The molecule has 2 aromatic rings. The van der Waals surface area contributed by atoms with Crippen LogP contribution in [0.25, 0.3) is 0 Å². The van der Waals surface area contributed by atoms with Gasteiger partial charge in [0.1, 0.15) is 0 Å². The third kappa shape index (κ3) is 4.46. The summed E-state index contributed by atoms with van der Waals surface area (Å²) in [6.07, 6.45) is 0. The smallest absolute Gasteiger partial charge is 0.207 e. The lowest BCUT2D eigenvalue weighted by Crippen LogP contribution is -2.23. The summed E-state index contributed by atoms with van der Waals surface area (Å²) in [7, 11) is -3.56. The Morgan fingerprint density at radius 2 is 1.55 bits per heavy atom. The molecule has 0 radical (unpaired) electrons. The molecule has 0 saturated carbocycles. The van der Waals surface area contributed by atoms with E-state index < -0.39 is 10.0 Å². The molecule has 0 fully saturated rings. The molecule has 2 rings (SSSR count). The Kier molecular flexibility index (Phi) is 5.50. The molecule has 0 unspecified atom stereocenters. The van der Waals surface area contributed by atoms with Crippen molar-refractivity contribution in [1.82, 2.24) is 4.72 Å².